The number of hydrogen-bond donors (Lipinski definition) is 1. The Hall–Kier alpha value is -3.01. The van der Waals surface area contributed by atoms with Crippen LogP contribution in [-0.2, 0) is 0 Å². The number of benzene rings is 1. The summed E-state index contributed by atoms with van der Waals surface area (Å²) in [4.78, 5) is 26.1. The highest BCUT2D eigenvalue weighted by atomic mass is 16.6. The molecule has 0 unspecified atom stereocenters. The molecule has 4 rings (SSSR count). The van der Waals surface area contributed by atoms with Gasteiger partial charge in [0.25, 0.3) is 5.69 Å². The van der Waals surface area contributed by atoms with Gasteiger partial charge < -0.3 is 14.6 Å². The summed E-state index contributed by atoms with van der Waals surface area (Å²) in [7, 11) is 0. The third-order valence-corrected chi connectivity index (χ3v) is 4.93. The summed E-state index contributed by atoms with van der Waals surface area (Å²) in [5, 5.41) is 21.8. The van der Waals surface area contributed by atoms with Gasteiger partial charge in [0.15, 0.2) is 0 Å². The van der Waals surface area contributed by atoms with Crippen molar-refractivity contribution >= 4 is 11.7 Å². The Morgan fingerprint density at radius 2 is 2.08 bits per heavy atom. The number of nitrogens with one attached hydrogen (secondary N) is 1. The molecule has 1 N–H and O–H groups in total. The second kappa shape index (κ2) is 6.37. The van der Waals surface area contributed by atoms with E-state index >= 15 is 0 Å². The predicted octanol–water partition coefficient (Wildman–Crippen LogP) is 1.42. The van der Waals surface area contributed by atoms with Crippen molar-refractivity contribution in [3.8, 4) is 11.5 Å². The molecule has 136 valence electrons. The number of urea groups is 1. The lowest BCUT2D eigenvalue weighted by Crippen LogP contribution is -2.52. The number of piperazine rings is 1. The third-order valence-electron chi connectivity index (χ3n) is 4.93. The zero-order valence-electron chi connectivity index (χ0n) is 14.2. The van der Waals surface area contributed by atoms with Crippen LogP contribution in [0.4, 0.5) is 10.5 Å². The fraction of sp³-hybridized carbons (Fsp3) is 0.438. The van der Waals surface area contributed by atoms with Crippen LogP contribution in [0, 0.1) is 10.1 Å². The molecule has 0 spiro atoms. The minimum Gasteiger partial charge on any atom is -0.419 e. The van der Waals surface area contributed by atoms with Gasteiger partial charge in [-0.2, -0.15) is 0 Å². The Morgan fingerprint density at radius 1 is 1.31 bits per heavy atom. The molecule has 2 aliphatic heterocycles. The summed E-state index contributed by atoms with van der Waals surface area (Å²) >= 11 is 0. The van der Waals surface area contributed by atoms with Crippen molar-refractivity contribution in [1.29, 1.82) is 0 Å². The standard InChI is InChI=1S/C16H18N6O4/c1-10(20-6-7-21-13(9-20)8-17-16(21)23)14-18-19-15(26-14)11-2-4-12(5-3-11)22(24)25/h2-5,10,13H,6-9H2,1H3,(H,17,23)/t10-,13+/m1/s1. The molecule has 0 bridgehead atoms. The first-order valence-electron chi connectivity index (χ1n) is 8.39. The smallest absolute Gasteiger partial charge is 0.317 e. The highest BCUT2D eigenvalue weighted by Gasteiger charge is 2.37. The lowest BCUT2D eigenvalue weighted by atomic mass is 10.1. The number of carbonyl (C=O) groups is 1. The molecule has 10 nitrogen and oxygen atoms in total. The van der Waals surface area contributed by atoms with Crippen LogP contribution in [0.3, 0.4) is 0 Å². The van der Waals surface area contributed by atoms with Crippen LogP contribution < -0.4 is 5.32 Å². The fourth-order valence-electron chi connectivity index (χ4n) is 3.38. The summed E-state index contributed by atoms with van der Waals surface area (Å²) < 4.78 is 5.79. The number of nitro benzene ring substituents is 1. The number of nitrogens with zero attached hydrogens (tertiary/aromatic N) is 5. The number of rotatable bonds is 4. The van der Waals surface area contributed by atoms with E-state index in [1.807, 2.05) is 11.8 Å². The summed E-state index contributed by atoms with van der Waals surface area (Å²) in [6.07, 6.45) is 0. The minimum atomic E-state index is -0.451. The van der Waals surface area contributed by atoms with Gasteiger partial charge in [0.2, 0.25) is 11.8 Å². The van der Waals surface area contributed by atoms with Gasteiger partial charge in [-0.1, -0.05) is 0 Å². The van der Waals surface area contributed by atoms with Gasteiger partial charge >= 0.3 is 6.03 Å². The molecule has 2 aliphatic rings. The van der Waals surface area contributed by atoms with Gasteiger partial charge in [-0.3, -0.25) is 15.0 Å². The van der Waals surface area contributed by atoms with Crippen molar-refractivity contribution in [3.05, 3.63) is 40.3 Å². The predicted molar refractivity (Wildman–Crippen MR) is 90.3 cm³/mol. The molecule has 1 aromatic carbocycles. The lowest BCUT2D eigenvalue weighted by Gasteiger charge is -2.38. The van der Waals surface area contributed by atoms with Crippen LogP contribution in [0.2, 0.25) is 0 Å². The van der Waals surface area contributed by atoms with Crippen LogP contribution in [0.1, 0.15) is 18.9 Å². The molecule has 2 amide bonds. The van der Waals surface area contributed by atoms with Crippen LogP contribution in [0.15, 0.2) is 28.7 Å². The maximum absolute atomic E-state index is 11.7. The van der Waals surface area contributed by atoms with Crippen molar-refractivity contribution in [2.75, 3.05) is 26.2 Å². The zero-order chi connectivity index (χ0) is 18.3. The van der Waals surface area contributed by atoms with E-state index in [1.54, 1.807) is 12.1 Å². The maximum Gasteiger partial charge on any atom is 0.317 e. The molecule has 2 atom stereocenters. The molecule has 2 saturated heterocycles. The Kier molecular flexibility index (Phi) is 4.03. The Balaban J connectivity index is 1.47. The first-order valence-corrected chi connectivity index (χ1v) is 8.39. The molecule has 0 aliphatic carbocycles. The highest BCUT2D eigenvalue weighted by Crippen LogP contribution is 2.27. The van der Waals surface area contributed by atoms with Crippen LogP contribution in [0.5, 0.6) is 0 Å². The number of aromatic nitrogens is 2. The average Bonchev–Trinajstić information content (AvgIpc) is 3.28. The zero-order valence-corrected chi connectivity index (χ0v) is 14.2. The molecule has 2 aromatic rings. The van der Waals surface area contributed by atoms with Crippen LogP contribution in [0.25, 0.3) is 11.5 Å². The average molecular weight is 358 g/mol. The Morgan fingerprint density at radius 3 is 2.81 bits per heavy atom. The summed E-state index contributed by atoms with van der Waals surface area (Å²) in [6, 6.07) is 6.09. The molecule has 10 heteroatoms. The molecule has 2 fully saturated rings. The second-order valence-corrected chi connectivity index (χ2v) is 6.45. The number of non-ortho nitro benzene ring substituents is 1. The SMILES string of the molecule is C[C@H](c1nnc(-c2ccc([N+](=O)[O-])cc2)o1)N1CCN2C(=O)NC[C@H]2C1. The Labute approximate surface area is 148 Å². The van der Waals surface area contributed by atoms with E-state index in [9.17, 15) is 14.9 Å². The molecule has 0 radical (unpaired) electrons. The topological polar surface area (TPSA) is 118 Å². The number of amides is 2. The largest absolute Gasteiger partial charge is 0.419 e. The van der Waals surface area contributed by atoms with Crippen molar-refractivity contribution in [1.82, 2.24) is 25.3 Å². The number of fused-ring (bicyclic) bond motifs is 1. The number of nitro groups is 1. The number of hydrogen-bond acceptors (Lipinski definition) is 7. The van der Waals surface area contributed by atoms with E-state index in [2.05, 4.69) is 20.4 Å². The van der Waals surface area contributed by atoms with Crippen molar-refractivity contribution in [2.45, 2.75) is 19.0 Å². The molecular formula is C16H18N6O4. The van der Waals surface area contributed by atoms with E-state index in [0.29, 0.717) is 30.4 Å². The normalized spacial score (nSPS) is 21.3. The molecule has 1 aromatic heterocycles. The quantitative estimate of drug-likeness (QED) is 0.648. The second-order valence-electron chi connectivity index (χ2n) is 6.45. The first-order chi connectivity index (χ1) is 12.5. The molecule has 26 heavy (non-hydrogen) atoms. The molecule has 0 saturated carbocycles. The first kappa shape index (κ1) is 16.5. The van der Waals surface area contributed by atoms with Crippen LogP contribution in [-0.4, -0.2) is 63.2 Å². The molecule has 3 heterocycles. The van der Waals surface area contributed by atoms with Crippen molar-refractivity contribution in [3.63, 3.8) is 0 Å². The lowest BCUT2D eigenvalue weighted by molar-refractivity contribution is -0.384. The van der Waals surface area contributed by atoms with Gasteiger partial charge in [-0.05, 0) is 19.1 Å². The third kappa shape index (κ3) is 2.88. The molecular weight excluding hydrogens is 340 g/mol. The summed E-state index contributed by atoms with van der Waals surface area (Å²) in [5.74, 6) is 0.821. The Bertz CT molecular complexity index is 836. The fourth-order valence-corrected chi connectivity index (χ4v) is 3.38. The van der Waals surface area contributed by atoms with Gasteiger partial charge in [-0.25, -0.2) is 4.79 Å². The van der Waals surface area contributed by atoms with Crippen LogP contribution >= 0.6 is 0 Å². The van der Waals surface area contributed by atoms with Gasteiger partial charge in [0.05, 0.1) is 17.0 Å². The van der Waals surface area contributed by atoms with E-state index in [-0.39, 0.29) is 23.8 Å². The number of carbonyl (C=O) groups excluding carboxylic acids is 1. The van der Waals surface area contributed by atoms with E-state index in [0.717, 1.165) is 13.1 Å². The van der Waals surface area contributed by atoms with Crippen molar-refractivity contribution in [2.24, 2.45) is 0 Å². The summed E-state index contributed by atoms with van der Waals surface area (Å²) in [6.45, 7) is 4.80. The maximum atomic E-state index is 11.7. The summed E-state index contributed by atoms with van der Waals surface area (Å²) in [5.41, 5.74) is 0.649. The van der Waals surface area contributed by atoms with E-state index in [4.69, 9.17) is 4.42 Å². The van der Waals surface area contributed by atoms with Gasteiger partial charge in [-0.15, -0.1) is 10.2 Å². The monoisotopic (exact) mass is 358 g/mol. The highest BCUT2D eigenvalue weighted by molar-refractivity contribution is 5.77. The van der Waals surface area contributed by atoms with Gasteiger partial charge in [0, 0.05) is 43.9 Å². The minimum absolute atomic E-state index is 0.000510. The van der Waals surface area contributed by atoms with E-state index in [1.165, 1.54) is 12.1 Å². The van der Waals surface area contributed by atoms with Crippen molar-refractivity contribution < 1.29 is 14.1 Å². The van der Waals surface area contributed by atoms with Gasteiger partial charge in [0.1, 0.15) is 0 Å². The van der Waals surface area contributed by atoms with E-state index < -0.39 is 4.92 Å².